The van der Waals surface area contributed by atoms with Crippen LogP contribution in [0, 0.1) is 0 Å². The van der Waals surface area contributed by atoms with E-state index in [2.05, 4.69) is 12.2 Å². The van der Waals surface area contributed by atoms with Gasteiger partial charge in [0.15, 0.2) is 0 Å². The lowest BCUT2D eigenvalue weighted by Crippen LogP contribution is -2.43. The first kappa shape index (κ1) is 19.9. The molecule has 0 saturated carbocycles. The number of piperidine rings is 1. The maximum Gasteiger partial charge on any atom is 0.254 e. The van der Waals surface area contributed by atoms with E-state index >= 15 is 0 Å². The minimum Gasteiger partial charge on any atom is -0.497 e. The monoisotopic (exact) mass is 380 g/mol. The molecule has 5 heteroatoms. The van der Waals surface area contributed by atoms with E-state index in [4.69, 9.17) is 4.74 Å². The lowest BCUT2D eigenvalue weighted by atomic mass is 9.98. The highest BCUT2D eigenvalue weighted by molar-refractivity contribution is 5.99. The smallest absolute Gasteiger partial charge is 0.254 e. The highest BCUT2D eigenvalue weighted by atomic mass is 16.5. The maximum atomic E-state index is 13.0. The summed E-state index contributed by atoms with van der Waals surface area (Å²) >= 11 is 0. The van der Waals surface area contributed by atoms with Crippen LogP contribution in [0.15, 0.2) is 48.5 Å². The molecule has 0 spiro atoms. The van der Waals surface area contributed by atoms with Crippen LogP contribution in [0.25, 0.3) is 0 Å². The van der Waals surface area contributed by atoms with Crippen LogP contribution < -0.4 is 10.1 Å². The average molecular weight is 380 g/mol. The summed E-state index contributed by atoms with van der Waals surface area (Å²) in [4.78, 5) is 27.5. The number of carbonyl (C=O) groups excluding carboxylic acids is 2. The minimum absolute atomic E-state index is 0.0244. The number of methoxy groups -OCH3 is 1. The van der Waals surface area contributed by atoms with Crippen molar-refractivity contribution in [2.75, 3.05) is 13.7 Å². The van der Waals surface area contributed by atoms with Gasteiger partial charge >= 0.3 is 0 Å². The standard InChI is InChI=1S/C23H28N2O3/c1-3-20-9-4-5-14-25(20)23(27)19-8-6-7-18(15-19)22(26)24-16-17-10-12-21(28-2)13-11-17/h6-8,10-13,15,20H,3-5,9,14,16H2,1-2H3,(H,24,26). The number of nitrogens with zero attached hydrogens (tertiary/aromatic N) is 1. The van der Waals surface area contributed by atoms with Crippen LogP contribution in [0.3, 0.4) is 0 Å². The number of hydrogen-bond acceptors (Lipinski definition) is 3. The second kappa shape index (κ2) is 9.40. The van der Waals surface area contributed by atoms with Crippen molar-refractivity contribution in [3.63, 3.8) is 0 Å². The molecular weight excluding hydrogens is 352 g/mol. The quantitative estimate of drug-likeness (QED) is 0.823. The molecule has 148 valence electrons. The van der Waals surface area contributed by atoms with Gasteiger partial charge in [-0.3, -0.25) is 9.59 Å². The van der Waals surface area contributed by atoms with Gasteiger partial charge in [0.25, 0.3) is 11.8 Å². The molecule has 1 heterocycles. The number of hydrogen-bond donors (Lipinski definition) is 1. The van der Waals surface area contributed by atoms with Crippen molar-refractivity contribution >= 4 is 11.8 Å². The van der Waals surface area contributed by atoms with Gasteiger partial charge in [0.1, 0.15) is 5.75 Å². The fraction of sp³-hybridized carbons (Fsp3) is 0.391. The molecule has 1 saturated heterocycles. The largest absolute Gasteiger partial charge is 0.497 e. The van der Waals surface area contributed by atoms with Crippen molar-refractivity contribution in [3.8, 4) is 5.75 Å². The molecule has 1 aliphatic rings. The molecule has 1 aliphatic heterocycles. The Balaban J connectivity index is 1.66. The molecule has 1 atom stereocenters. The van der Waals surface area contributed by atoms with Crippen LogP contribution in [-0.2, 0) is 6.54 Å². The topological polar surface area (TPSA) is 58.6 Å². The third-order valence-electron chi connectivity index (χ3n) is 5.34. The highest BCUT2D eigenvalue weighted by Crippen LogP contribution is 2.22. The number of ether oxygens (including phenoxy) is 1. The minimum atomic E-state index is -0.184. The summed E-state index contributed by atoms with van der Waals surface area (Å²) in [7, 11) is 1.62. The molecule has 1 N–H and O–H groups in total. The Morgan fingerprint density at radius 3 is 2.57 bits per heavy atom. The van der Waals surface area contributed by atoms with Crippen molar-refractivity contribution in [3.05, 3.63) is 65.2 Å². The van der Waals surface area contributed by atoms with Gasteiger partial charge in [-0.15, -0.1) is 0 Å². The molecular formula is C23H28N2O3. The zero-order valence-corrected chi connectivity index (χ0v) is 16.6. The fourth-order valence-corrected chi connectivity index (χ4v) is 3.68. The van der Waals surface area contributed by atoms with E-state index in [1.54, 1.807) is 31.4 Å². The van der Waals surface area contributed by atoms with Crippen molar-refractivity contribution in [2.24, 2.45) is 0 Å². The molecule has 28 heavy (non-hydrogen) atoms. The lowest BCUT2D eigenvalue weighted by molar-refractivity contribution is 0.0608. The Labute approximate surface area is 166 Å². The van der Waals surface area contributed by atoms with Crippen LogP contribution in [0.5, 0.6) is 5.75 Å². The van der Waals surface area contributed by atoms with Crippen molar-refractivity contribution < 1.29 is 14.3 Å². The number of amides is 2. The summed E-state index contributed by atoms with van der Waals surface area (Å²) in [6.07, 6.45) is 4.25. The van der Waals surface area contributed by atoms with Gasteiger partial charge in [-0.1, -0.05) is 25.1 Å². The summed E-state index contributed by atoms with van der Waals surface area (Å²) in [5.74, 6) is 0.622. The molecule has 3 rings (SSSR count). The first-order valence-electron chi connectivity index (χ1n) is 9.94. The second-order valence-electron chi connectivity index (χ2n) is 7.17. The summed E-state index contributed by atoms with van der Waals surface area (Å²) in [5.41, 5.74) is 2.07. The van der Waals surface area contributed by atoms with Crippen LogP contribution in [0.2, 0.25) is 0 Å². The van der Waals surface area contributed by atoms with Gasteiger partial charge in [-0.05, 0) is 61.6 Å². The predicted octanol–water partition coefficient (Wildman–Crippen LogP) is 4.03. The highest BCUT2D eigenvalue weighted by Gasteiger charge is 2.26. The van der Waals surface area contributed by atoms with Gasteiger partial charge in [0, 0.05) is 30.3 Å². The Morgan fingerprint density at radius 2 is 1.86 bits per heavy atom. The van der Waals surface area contributed by atoms with Gasteiger partial charge in [0.2, 0.25) is 0 Å². The second-order valence-corrected chi connectivity index (χ2v) is 7.17. The van der Waals surface area contributed by atoms with Gasteiger partial charge in [-0.25, -0.2) is 0 Å². The zero-order chi connectivity index (χ0) is 19.9. The maximum absolute atomic E-state index is 13.0. The molecule has 2 amide bonds. The van der Waals surface area contributed by atoms with Crippen molar-refractivity contribution in [2.45, 2.75) is 45.2 Å². The number of likely N-dealkylation sites (tertiary alicyclic amines) is 1. The van der Waals surface area contributed by atoms with E-state index in [1.165, 1.54) is 6.42 Å². The molecule has 1 fully saturated rings. The Kier molecular flexibility index (Phi) is 6.69. The Bertz CT molecular complexity index is 817. The van der Waals surface area contributed by atoms with Crippen LogP contribution >= 0.6 is 0 Å². The van der Waals surface area contributed by atoms with E-state index in [-0.39, 0.29) is 11.8 Å². The SMILES string of the molecule is CCC1CCCCN1C(=O)c1cccc(C(=O)NCc2ccc(OC)cc2)c1. The van der Waals surface area contributed by atoms with E-state index in [0.29, 0.717) is 23.7 Å². The van der Waals surface area contributed by atoms with Crippen LogP contribution in [-0.4, -0.2) is 36.4 Å². The third kappa shape index (κ3) is 4.71. The summed E-state index contributed by atoms with van der Waals surface area (Å²) in [6.45, 7) is 3.34. The normalized spacial score (nSPS) is 16.5. The van der Waals surface area contributed by atoms with E-state index in [1.807, 2.05) is 29.2 Å². The molecule has 2 aromatic carbocycles. The molecule has 1 unspecified atom stereocenters. The molecule has 0 bridgehead atoms. The molecule has 0 radical (unpaired) electrons. The summed E-state index contributed by atoms with van der Waals surface area (Å²) in [5, 5.41) is 2.91. The Morgan fingerprint density at radius 1 is 1.11 bits per heavy atom. The van der Waals surface area contributed by atoms with E-state index < -0.39 is 0 Å². The third-order valence-corrected chi connectivity index (χ3v) is 5.34. The van der Waals surface area contributed by atoms with Gasteiger partial charge in [-0.2, -0.15) is 0 Å². The average Bonchev–Trinajstić information content (AvgIpc) is 2.77. The van der Waals surface area contributed by atoms with Gasteiger partial charge in [0.05, 0.1) is 7.11 Å². The number of rotatable bonds is 6. The predicted molar refractivity (Wildman–Crippen MR) is 110 cm³/mol. The van der Waals surface area contributed by atoms with Crippen molar-refractivity contribution in [1.29, 1.82) is 0 Å². The van der Waals surface area contributed by atoms with E-state index in [9.17, 15) is 9.59 Å². The zero-order valence-electron chi connectivity index (χ0n) is 16.6. The first-order valence-corrected chi connectivity index (χ1v) is 9.94. The fourth-order valence-electron chi connectivity index (χ4n) is 3.68. The van der Waals surface area contributed by atoms with Crippen molar-refractivity contribution in [1.82, 2.24) is 10.2 Å². The number of carbonyl (C=O) groups is 2. The first-order chi connectivity index (χ1) is 13.6. The number of benzene rings is 2. The summed E-state index contributed by atoms with van der Waals surface area (Å²) in [6, 6.07) is 14.9. The van der Waals surface area contributed by atoms with Crippen LogP contribution in [0.1, 0.15) is 58.9 Å². The lowest BCUT2D eigenvalue weighted by Gasteiger charge is -2.35. The Hall–Kier alpha value is -2.82. The van der Waals surface area contributed by atoms with Crippen LogP contribution in [0.4, 0.5) is 0 Å². The molecule has 0 aliphatic carbocycles. The van der Waals surface area contributed by atoms with Gasteiger partial charge < -0.3 is 15.0 Å². The van der Waals surface area contributed by atoms with E-state index in [0.717, 1.165) is 37.1 Å². The summed E-state index contributed by atoms with van der Waals surface area (Å²) < 4.78 is 5.14. The molecule has 0 aromatic heterocycles. The molecule has 5 nitrogen and oxygen atoms in total. The number of nitrogens with one attached hydrogen (secondary N) is 1. The molecule has 2 aromatic rings.